The number of nitrogens with one attached hydrogen (secondary N) is 1. The molecule has 132 valence electrons. The van der Waals surface area contributed by atoms with E-state index in [0.717, 1.165) is 0 Å². The Labute approximate surface area is 155 Å². The van der Waals surface area contributed by atoms with Crippen LogP contribution in [0.25, 0.3) is 0 Å². The molecule has 0 bridgehead atoms. The lowest BCUT2D eigenvalue weighted by Crippen LogP contribution is -2.47. The summed E-state index contributed by atoms with van der Waals surface area (Å²) in [7, 11) is 0. The number of aliphatic hydroxyl groups is 1. The van der Waals surface area contributed by atoms with Crippen molar-refractivity contribution in [1.29, 1.82) is 0 Å². The number of nitrogens with zero attached hydrogens (tertiary/aromatic N) is 1. The molecular formula is C18H17Cl2FN2O2. The van der Waals surface area contributed by atoms with Gasteiger partial charge in [-0.15, -0.1) is 0 Å². The third-order valence-electron chi connectivity index (χ3n) is 4.52. The lowest BCUT2D eigenvalue weighted by atomic mass is 9.75. The van der Waals surface area contributed by atoms with Crippen LogP contribution >= 0.6 is 23.2 Å². The van der Waals surface area contributed by atoms with E-state index in [-0.39, 0.29) is 30.6 Å². The Bertz CT molecular complexity index is 828. The number of pyridine rings is 1. The van der Waals surface area contributed by atoms with E-state index in [2.05, 4.69) is 10.3 Å². The number of hydrogen-bond donors (Lipinski definition) is 2. The van der Waals surface area contributed by atoms with E-state index in [1.165, 1.54) is 12.3 Å². The van der Waals surface area contributed by atoms with E-state index in [4.69, 9.17) is 23.2 Å². The summed E-state index contributed by atoms with van der Waals surface area (Å²) in [6.45, 7) is 1.65. The normalized spacial score (nSPS) is 25.3. The van der Waals surface area contributed by atoms with E-state index in [9.17, 15) is 9.90 Å². The quantitative estimate of drug-likeness (QED) is 0.846. The second kappa shape index (κ2) is 6.56. The van der Waals surface area contributed by atoms with Gasteiger partial charge in [-0.05, 0) is 43.5 Å². The molecule has 0 fully saturated rings. The third kappa shape index (κ3) is 3.36. The number of rotatable bonds is 3. The van der Waals surface area contributed by atoms with Gasteiger partial charge in [0.1, 0.15) is 5.60 Å². The summed E-state index contributed by atoms with van der Waals surface area (Å²) in [6.07, 6.45) is 1.45. The predicted molar refractivity (Wildman–Crippen MR) is 94.1 cm³/mol. The lowest BCUT2D eigenvalue weighted by Gasteiger charge is -2.37. The van der Waals surface area contributed by atoms with E-state index >= 15 is 4.39 Å². The average molecular weight is 383 g/mol. The lowest BCUT2D eigenvalue weighted by molar-refractivity contribution is -0.136. The van der Waals surface area contributed by atoms with Gasteiger partial charge >= 0.3 is 0 Å². The molecule has 1 aromatic carbocycles. The first kappa shape index (κ1) is 18.1. The zero-order valence-corrected chi connectivity index (χ0v) is 15.0. The SMILES string of the molecule is C[C@@]1(O)CC[C@@](F)(C(=O)NCc2ccc(Cl)cc2Cl)c2cccnc21. The molecule has 0 radical (unpaired) electrons. The molecule has 1 heterocycles. The molecule has 1 aliphatic rings. The molecular weight excluding hydrogens is 366 g/mol. The van der Waals surface area contributed by atoms with Crippen LogP contribution < -0.4 is 5.32 Å². The maximum atomic E-state index is 15.6. The Morgan fingerprint density at radius 2 is 2.12 bits per heavy atom. The van der Waals surface area contributed by atoms with Crippen molar-refractivity contribution in [2.75, 3.05) is 0 Å². The van der Waals surface area contributed by atoms with Crippen molar-refractivity contribution in [3.8, 4) is 0 Å². The van der Waals surface area contributed by atoms with E-state index < -0.39 is 17.2 Å². The van der Waals surface area contributed by atoms with Crippen molar-refractivity contribution in [2.24, 2.45) is 0 Å². The second-order valence-corrected chi connectivity index (χ2v) is 7.24. The number of halogens is 3. The van der Waals surface area contributed by atoms with Gasteiger partial charge in [0.15, 0.2) is 0 Å². The third-order valence-corrected chi connectivity index (χ3v) is 5.10. The molecule has 2 aromatic rings. The van der Waals surface area contributed by atoms with Crippen molar-refractivity contribution in [1.82, 2.24) is 10.3 Å². The fourth-order valence-electron chi connectivity index (χ4n) is 3.04. The van der Waals surface area contributed by atoms with Crippen LogP contribution in [0, 0.1) is 0 Å². The fourth-order valence-corrected chi connectivity index (χ4v) is 3.51. The summed E-state index contributed by atoms with van der Waals surface area (Å²) in [6, 6.07) is 7.93. The second-order valence-electron chi connectivity index (χ2n) is 6.39. The zero-order valence-electron chi connectivity index (χ0n) is 13.5. The number of amides is 1. The average Bonchev–Trinajstić information content (AvgIpc) is 2.58. The fraction of sp³-hybridized carbons (Fsp3) is 0.333. The summed E-state index contributed by atoms with van der Waals surface area (Å²) >= 11 is 11.9. The van der Waals surface area contributed by atoms with E-state index in [1.54, 1.807) is 31.2 Å². The van der Waals surface area contributed by atoms with Gasteiger partial charge in [0.25, 0.3) is 5.91 Å². The maximum absolute atomic E-state index is 15.6. The number of benzene rings is 1. The predicted octanol–water partition coefficient (Wildman–Crippen LogP) is 3.87. The number of carbonyl (C=O) groups is 1. The first-order valence-electron chi connectivity index (χ1n) is 7.83. The van der Waals surface area contributed by atoms with Gasteiger partial charge in [-0.1, -0.05) is 35.3 Å². The van der Waals surface area contributed by atoms with Crippen LogP contribution in [0.2, 0.25) is 10.0 Å². The van der Waals surface area contributed by atoms with Gasteiger partial charge in [-0.3, -0.25) is 9.78 Å². The highest BCUT2D eigenvalue weighted by Crippen LogP contribution is 2.45. The molecule has 1 aromatic heterocycles. The number of fused-ring (bicyclic) bond motifs is 1. The highest BCUT2D eigenvalue weighted by molar-refractivity contribution is 6.35. The minimum atomic E-state index is -2.25. The summed E-state index contributed by atoms with van der Waals surface area (Å²) in [5.41, 5.74) is -2.57. The van der Waals surface area contributed by atoms with Gasteiger partial charge in [0, 0.05) is 28.4 Å². The van der Waals surface area contributed by atoms with Crippen molar-refractivity contribution in [3.63, 3.8) is 0 Å². The summed E-state index contributed by atoms with van der Waals surface area (Å²) < 4.78 is 15.6. The standard InChI is InChI=1S/C18H17Cl2FN2O2/c1-17(25)6-7-18(21,13-3-2-8-22-15(13)17)16(24)23-10-11-4-5-12(19)9-14(11)20/h2-5,8-9,25H,6-7,10H2,1H3,(H,23,24)/t17-,18+/m1/s1. The smallest absolute Gasteiger partial charge is 0.262 e. The van der Waals surface area contributed by atoms with E-state index in [0.29, 0.717) is 15.6 Å². The maximum Gasteiger partial charge on any atom is 0.262 e. The highest BCUT2D eigenvalue weighted by Gasteiger charge is 2.50. The molecule has 0 saturated heterocycles. The number of alkyl halides is 1. The molecule has 1 amide bonds. The Morgan fingerprint density at radius 3 is 2.84 bits per heavy atom. The van der Waals surface area contributed by atoms with Crippen LogP contribution in [0.1, 0.15) is 36.6 Å². The van der Waals surface area contributed by atoms with Crippen LogP contribution in [0.4, 0.5) is 4.39 Å². The van der Waals surface area contributed by atoms with Gasteiger partial charge in [-0.25, -0.2) is 4.39 Å². The molecule has 0 aliphatic heterocycles. The highest BCUT2D eigenvalue weighted by atomic mass is 35.5. The first-order valence-corrected chi connectivity index (χ1v) is 8.59. The van der Waals surface area contributed by atoms with Crippen molar-refractivity contribution in [3.05, 3.63) is 63.4 Å². The Morgan fingerprint density at radius 1 is 1.36 bits per heavy atom. The van der Waals surface area contributed by atoms with E-state index in [1.807, 2.05) is 0 Å². The Kier molecular flexibility index (Phi) is 4.75. The van der Waals surface area contributed by atoms with Crippen LogP contribution in [0.15, 0.2) is 36.5 Å². The number of aromatic nitrogens is 1. The molecule has 1 aliphatic carbocycles. The summed E-state index contributed by atoms with van der Waals surface area (Å²) in [5.74, 6) is -0.775. The van der Waals surface area contributed by atoms with Crippen LogP contribution in [0.5, 0.6) is 0 Å². The molecule has 2 atom stereocenters. The van der Waals surface area contributed by atoms with Crippen LogP contribution in [-0.4, -0.2) is 16.0 Å². The molecule has 4 nitrogen and oxygen atoms in total. The number of hydrogen-bond acceptors (Lipinski definition) is 3. The largest absolute Gasteiger partial charge is 0.384 e. The molecule has 25 heavy (non-hydrogen) atoms. The van der Waals surface area contributed by atoms with Crippen LogP contribution in [-0.2, 0) is 22.6 Å². The topological polar surface area (TPSA) is 62.2 Å². The zero-order chi connectivity index (χ0) is 18.2. The molecule has 0 unspecified atom stereocenters. The van der Waals surface area contributed by atoms with Gasteiger partial charge < -0.3 is 10.4 Å². The minimum Gasteiger partial charge on any atom is -0.384 e. The van der Waals surface area contributed by atoms with Crippen molar-refractivity contribution in [2.45, 2.75) is 37.6 Å². The summed E-state index contributed by atoms with van der Waals surface area (Å²) in [5, 5.41) is 13.9. The Balaban J connectivity index is 1.84. The molecule has 0 saturated carbocycles. The molecule has 2 N–H and O–H groups in total. The molecule has 7 heteroatoms. The van der Waals surface area contributed by atoms with Gasteiger partial charge in [0.2, 0.25) is 5.67 Å². The minimum absolute atomic E-state index is 0.0759. The summed E-state index contributed by atoms with van der Waals surface area (Å²) in [4.78, 5) is 16.7. The monoisotopic (exact) mass is 382 g/mol. The van der Waals surface area contributed by atoms with Crippen molar-refractivity contribution >= 4 is 29.1 Å². The van der Waals surface area contributed by atoms with Crippen molar-refractivity contribution < 1.29 is 14.3 Å². The molecule has 3 rings (SSSR count). The Hall–Kier alpha value is -1.69. The molecule has 0 spiro atoms. The van der Waals surface area contributed by atoms with Gasteiger partial charge in [0.05, 0.1) is 5.69 Å². The first-order chi connectivity index (χ1) is 11.7. The van der Waals surface area contributed by atoms with Crippen LogP contribution in [0.3, 0.4) is 0 Å². The van der Waals surface area contributed by atoms with Gasteiger partial charge in [-0.2, -0.15) is 0 Å². The number of carbonyl (C=O) groups excluding carboxylic acids is 1.